The van der Waals surface area contributed by atoms with E-state index >= 15 is 0 Å². The maximum Gasteiger partial charge on any atom is 0.119 e. The number of benzene rings is 1. The van der Waals surface area contributed by atoms with Crippen LogP contribution in [0.4, 0.5) is 0 Å². The maximum atomic E-state index is 5.76. The third kappa shape index (κ3) is 6.03. The second-order valence-electron chi connectivity index (χ2n) is 5.31. The molecule has 0 saturated heterocycles. The minimum absolute atomic E-state index is 0.226. The first-order valence-electron chi connectivity index (χ1n) is 6.67. The molecule has 0 bridgehead atoms. The highest BCUT2D eigenvalue weighted by atomic mass is 16.5. The Bertz CT molecular complexity index is 333. The SMILES string of the molecule is CC(N)CCN(C)Cc1ccc(OC(C)C)cc1. The zero-order chi connectivity index (χ0) is 13.5. The highest BCUT2D eigenvalue weighted by molar-refractivity contribution is 5.27. The molecule has 3 heteroatoms. The molecule has 1 unspecified atom stereocenters. The van der Waals surface area contributed by atoms with E-state index in [1.165, 1.54) is 5.56 Å². The molecule has 0 amide bonds. The van der Waals surface area contributed by atoms with Gasteiger partial charge in [0, 0.05) is 12.6 Å². The number of hydrogen-bond acceptors (Lipinski definition) is 3. The van der Waals surface area contributed by atoms with Gasteiger partial charge >= 0.3 is 0 Å². The molecule has 3 nitrogen and oxygen atoms in total. The summed E-state index contributed by atoms with van der Waals surface area (Å²) in [5.74, 6) is 0.937. The molecule has 1 atom stereocenters. The molecule has 0 radical (unpaired) electrons. The Morgan fingerprint density at radius 3 is 2.28 bits per heavy atom. The average molecular weight is 250 g/mol. The third-order valence-corrected chi connectivity index (χ3v) is 2.71. The Morgan fingerprint density at radius 1 is 1.17 bits per heavy atom. The number of hydrogen-bond donors (Lipinski definition) is 1. The van der Waals surface area contributed by atoms with Crippen molar-refractivity contribution in [2.24, 2.45) is 5.73 Å². The van der Waals surface area contributed by atoms with Crippen molar-refractivity contribution in [2.45, 2.75) is 45.9 Å². The summed E-state index contributed by atoms with van der Waals surface area (Å²) in [6.45, 7) is 8.10. The molecular formula is C15H26N2O. The minimum Gasteiger partial charge on any atom is -0.491 e. The third-order valence-electron chi connectivity index (χ3n) is 2.71. The molecule has 0 heterocycles. The first kappa shape index (κ1) is 15.0. The van der Waals surface area contributed by atoms with Crippen LogP contribution >= 0.6 is 0 Å². The first-order valence-corrected chi connectivity index (χ1v) is 6.67. The average Bonchev–Trinajstić information content (AvgIpc) is 2.28. The van der Waals surface area contributed by atoms with Gasteiger partial charge in [0.25, 0.3) is 0 Å². The molecule has 102 valence electrons. The fourth-order valence-corrected chi connectivity index (χ4v) is 1.76. The summed E-state index contributed by atoms with van der Waals surface area (Å²) in [7, 11) is 2.13. The molecule has 18 heavy (non-hydrogen) atoms. The second kappa shape index (κ2) is 7.39. The number of nitrogens with zero attached hydrogens (tertiary/aromatic N) is 1. The molecule has 1 aromatic rings. The quantitative estimate of drug-likeness (QED) is 0.808. The van der Waals surface area contributed by atoms with Crippen molar-refractivity contribution in [1.29, 1.82) is 0 Å². The molecule has 1 aromatic carbocycles. The number of nitrogens with two attached hydrogens (primary N) is 1. The van der Waals surface area contributed by atoms with Gasteiger partial charge in [-0.05, 0) is 58.5 Å². The highest BCUT2D eigenvalue weighted by Gasteiger charge is 2.03. The smallest absolute Gasteiger partial charge is 0.119 e. The summed E-state index contributed by atoms with van der Waals surface area (Å²) in [5, 5.41) is 0. The van der Waals surface area contributed by atoms with Gasteiger partial charge < -0.3 is 15.4 Å². The normalized spacial score (nSPS) is 13.1. The van der Waals surface area contributed by atoms with E-state index in [1.807, 2.05) is 32.9 Å². The molecule has 1 rings (SSSR count). The van der Waals surface area contributed by atoms with E-state index in [4.69, 9.17) is 10.5 Å². The monoisotopic (exact) mass is 250 g/mol. The van der Waals surface area contributed by atoms with Crippen molar-refractivity contribution in [3.05, 3.63) is 29.8 Å². The molecule has 0 aliphatic carbocycles. The van der Waals surface area contributed by atoms with Crippen molar-refractivity contribution in [3.63, 3.8) is 0 Å². The van der Waals surface area contributed by atoms with E-state index in [9.17, 15) is 0 Å². The van der Waals surface area contributed by atoms with Crippen LogP contribution in [-0.2, 0) is 6.54 Å². The molecule has 0 aliphatic heterocycles. The van der Waals surface area contributed by atoms with Crippen LogP contribution in [0.1, 0.15) is 32.8 Å². The second-order valence-corrected chi connectivity index (χ2v) is 5.31. The lowest BCUT2D eigenvalue weighted by Crippen LogP contribution is -2.25. The van der Waals surface area contributed by atoms with E-state index in [2.05, 4.69) is 24.1 Å². The minimum atomic E-state index is 0.226. The van der Waals surface area contributed by atoms with Crippen LogP contribution in [0.2, 0.25) is 0 Å². The fourth-order valence-electron chi connectivity index (χ4n) is 1.76. The zero-order valence-corrected chi connectivity index (χ0v) is 12.0. The van der Waals surface area contributed by atoms with Crippen LogP contribution in [0.5, 0.6) is 5.75 Å². The van der Waals surface area contributed by atoms with Crippen LogP contribution in [0.15, 0.2) is 24.3 Å². The fraction of sp³-hybridized carbons (Fsp3) is 0.600. The zero-order valence-electron chi connectivity index (χ0n) is 12.0. The Labute approximate surface area is 111 Å². The van der Waals surface area contributed by atoms with Gasteiger partial charge in [0.1, 0.15) is 5.75 Å². The molecular weight excluding hydrogens is 224 g/mol. The highest BCUT2D eigenvalue weighted by Crippen LogP contribution is 2.14. The largest absolute Gasteiger partial charge is 0.491 e. The predicted octanol–water partition coefficient (Wildman–Crippen LogP) is 2.64. The lowest BCUT2D eigenvalue weighted by Gasteiger charge is -2.18. The van der Waals surface area contributed by atoms with Crippen LogP contribution in [0.3, 0.4) is 0 Å². The van der Waals surface area contributed by atoms with Gasteiger partial charge in [-0.15, -0.1) is 0 Å². The molecule has 0 aromatic heterocycles. The topological polar surface area (TPSA) is 38.5 Å². The summed E-state index contributed by atoms with van der Waals surface area (Å²) in [6, 6.07) is 8.60. The Morgan fingerprint density at radius 2 is 1.78 bits per heavy atom. The predicted molar refractivity (Wildman–Crippen MR) is 76.8 cm³/mol. The van der Waals surface area contributed by atoms with Gasteiger partial charge in [-0.2, -0.15) is 0 Å². The van der Waals surface area contributed by atoms with Gasteiger partial charge in [-0.25, -0.2) is 0 Å². The molecule has 2 N–H and O–H groups in total. The summed E-state index contributed by atoms with van der Waals surface area (Å²) >= 11 is 0. The van der Waals surface area contributed by atoms with E-state index in [0.29, 0.717) is 0 Å². The maximum absolute atomic E-state index is 5.76. The lowest BCUT2D eigenvalue weighted by molar-refractivity contribution is 0.242. The van der Waals surface area contributed by atoms with Gasteiger partial charge in [0.2, 0.25) is 0 Å². The molecule has 0 fully saturated rings. The first-order chi connectivity index (χ1) is 8.47. The summed E-state index contributed by atoms with van der Waals surface area (Å²) in [5.41, 5.74) is 7.06. The van der Waals surface area contributed by atoms with Gasteiger partial charge in [0.15, 0.2) is 0 Å². The van der Waals surface area contributed by atoms with Gasteiger partial charge in [-0.1, -0.05) is 12.1 Å². The number of rotatable bonds is 7. The molecule has 0 saturated carbocycles. The van der Waals surface area contributed by atoms with Gasteiger partial charge in [0.05, 0.1) is 6.10 Å². The van der Waals surface area contributed by atoms with Crippen molar-refractivity contribution in [1.82, 2.24) is 4.90 Å². The van der Waals surface area contributed by atoms with Crippen molar-refractivity contribution < 1.29 is 4.74 Å². The van der Waals surface area contributed by atoms with E-state index < -0.39 is 0 Å². The van der Waals surface area contributed by atoms with E-state index in [-0.39, 0.29) is 12.1 Å². The Balaban J connectivity index is 2.42. The standard InChI is InChI=1S/C15H26N2O/c1-12(2)18-15-7-5-14(6-8-15)11-17(4)10-9-13(3)16/h5-8,12-13H,9-11,16H2,1-4H3. The van der Waals surface area contributed by atoms with Gasteiger partial charge in [-0.3, -0.25) is 0 Å². The Kier molecular flexibility index (Phi) is 6.16. The van der Waals surface area contributed by atoms with E-state index in [0.717, 1.165) is 25.3 Å². The van der Waals surface area contributed by atoms with Crippen LogP contribution in [-0.4, -0.2) is 30.6 Å². The van der Waals surface area contributed by atoms with Crippen molar-refractivity contribution >= 4 is 0 Å². The summed E-state index contributed by atoms with van der Waals surface area (Å²) in [6.07, 6.45) is 1.26. The molecule has 0 aliphatic rings. The summed E-state index contributed by atoms with van der Waals surface area (Å²) in [4.78, 5) is 2.29. The van der Waals surface area contributed by atoms with E-state index in [1.54, 1.807) is 0 Å². The Hall–Kier alpha value is -1.06. The molecule has 0 spiro atoms. The summed E-state index contributed by atoms with van der Waals surface area (Å²) < 4.78 is 5.62. The van der Waals surface area contributed by atoms with Crippen LogP contribution in [0, 0.1) is 0 Å². The van der Waals surface area contributed by atoms with Crippen molar-refractivity contribution in [2.75, 3.05) is 13.6 Å². The van der Waals surface area contributed by atoms with Crippen molar-refractivity contribution in [3.8, 4) is 5.75 Å². The van der Waals surface area contributed by atoms with Crippen LogP contribution in [0.25, 0.3) is 0 Å². The lowest BCUT2D eigenvalue weighted by atomic mass is 10.2. The number of ether oxygens (including phenoxy) is 1. The van der Waals surface area contributed by atoms with Crippen LogP contribution < -0.4 is 10.5 Å².